The topological polar surface area (TPSA) is 29.1 Å². The predicted molar refractivity (Wildman–Crippen MR) is 70.1 cm³/mol. The fraction of sp³-hybridized carbons (Fsp3) is 0.533. The first-order valence-electron chi connectivity index (χ1n) is 6.61. The summed E-state index contributed by atoms with van der Waals surface area (Å²) in [6, 6.07) is 7.76. The molecule has 1 saturated carbocycles. The minimum atomic E-state index is 0.0775. The third-order valence-electron chi connectivity index (χ3n) is 3.67. The average molecular weight is 231 g/mol. The van der Waals surface area contributed by atoms with E-state index in [-0.39, 0.29) is 5.91 Å². The fourth-order valence-corrected chi connectivity index (χ4v) is 2.55. The van der Waals surface area contributed by atoms with Gasteiger partial charge in [0.15, 0.2) is 0 Å². The molecule has 1 aromatic rings. The minimum absolute atomic E-state index is 0.0775. The van der Waals surface area contributed by atoms with E-state index in [4.69, 9.17) is 0 Å². The van der Waals surface area contributed by atoms with E-state index in [0.717, 1.165) is 17.7 Å². The first kappa shape index (κ1) is 12.2. The maximum absolute atomic E-state index is 12.0. The van der Waals surface area contributed by atoms with Crippen LogP contribution in [0.15, 0.2) is 24.3 Å². The third kappa shape index (κ3) is 3.32. The summed E-state index contributed by atoms with van der Waals surface area (Å²) in [5.74, 6) is 0.769. The minimum Gasteiger partial charge on any atom is -0.352 e. The molecule has 1 N–H and O–H groups in total. The van der Waals surface area contributed by atoms with Gasteiger partial charge < -0.3 is 5.32 Å². The molecule has 2 nitrogen and oxygen atoms in total. The number of carbonyl (C=O) groups excluding carboxylic acids is 1. The van der Waals surface area contributed by atoms with Crippen LogP contribution in [0.1, 0.15) is 48.0 Å². The number of rotatable bonds is 3. The molecule has 1 aliphatic carbocycles. The van der Waals surface area contributed by atoms with Crippen LogP contribution in [0.25, 0.3) is 0 Å². The molecule has 0 saturated heterocycles. The Bertz CT molecular complexity index is 380. The molecular formula is C15H21NO. The lowest BCUT2D eigenvalue weighted by molar-refractivity contribution is 0.0943. The van der Waals surface area contributed by atoms with Crippen LogP contribution in [0, 0.1) is 12.8 Å². The molecule has 1 amide bonds. The van der Waals surface area contributed by atoms with Crippen molar-refractivity contribution in [1.82, 2.24) is 5.32 Å². The second-order valence-corrected chi connectivity index (χ2v) is 5.03. The molecule has 0 atom stereocenters. The van der Waals surface area contributed by atoms with E-state index in [0.29, 0.717) is 5.92 Å². The molecule has 0 aliphatic heterocycles. The quantitative estimate of drug-likeness (QED) is 0.849. The average Bonchev–Trinajstić information content (AvgIpc) is 2.38. The molecule has 1 aliphatic rings. The van der Waals surface area contributed by atoms with Gasteiger partial charge in [-0.1, -0.05) is 37.5 Å². The van der Waals surface area contributed by atoms with Gasteiger partial charge in [0.2, 0.25) is 0 Å². The van der Waals surface area contributed by atoms with Crippen LogP contribution >= 0.6 is 0 Å². The van der Waals surface area contributed by atoms with Gasteiger partial charge in [0.05, 0.1) is 0 Å². The highest BCUT2D eigenvalue weighted by Gasteiger charge is 2.15. The monoisotopic (exact) mass is 231 g/mol. The standard InChI is InChI=1S/C15H21NO/c1-12-7-5-6-10-14(12)15(17)16-11-13-8-3-2-4-9-13/h5-7,10,13H,2-4,8-9,11H2,1H3,(H,16,17). The van der Waals surface area contributed by atoms with E-state index < -0.39 is 0 Å². The molecule has 0 radical (unpaired) electrons. The Morgan fingerprint density at radius 2 is 1.94 bits per heavy atom. The second kappa shape index (κ2) is 5.85. The number of hydrogen-bond acceptors (Lipinski definition) is 1. The van der Waals surface area contributed by atoms with Crippen LogP contribution in [0.4, 0.5) is 0 Å². The molecule has 0 spiro atoms. The normalized spacial score (nSPS) is 16.8. The Morgan fingerprint density at radius 3 is 2.65 bits per heavy atom. The first-order chi connectivity index (χ1) is 8.27. The molecule has 0 aromatic heterocycles. The van der Waals surface area contributed by atoms with Crippen LogP contribution in [0.2, 0.25) is 0 Å². The summed E-state index contributed by atoms with van der Waals surface area (Å²) in [7, 11) is 0. The van der Waals surface area contributed by atoms with Crippen molar-refractivity contribution in [2.45, 2.75) is 39.0 Å². The smallest absolute Gasteiger partial charge is 0.251 e. The molecule has 2 heteroatoms. The largest absolute Gasteiger partial charge is 0.352 e. The highest BCUT2D eigenvalue weighted by atomic mass is 16.1. The van der Waals surface area contributed by atoms with E-state index in [9.17, 15) is 4.79 Å². The first-order valence-corrected chi connectivity index (χ1v) is 6.61. The Morgan fingerprint density at radius 1 is 1.24 bits per heavy atom. The van der Waals surface area contributed by atoms with Crippen LogP contribution in [-0.4, -0.2) is 12.5 Å². The van der Waals surface area contributed by atoms with Crippen molar-refractivity contribution in [1.29, 1.82) is 0 Å². The van der Waals surface area contributed by atoms with Gasteiger partial charge in [-0.2, -0.15) is 0 Å². The van der Waals surface area contributed by atoms with Crippen molar-refractivity contribution in [3.63, 3.8) is 0 Å². The Hall–Kier alpha value is -1.31. The Kier molecular flexibility index (Phi) is 4.18. The fourth-order valence-electron chi connectivity index (χ4n) is 2.55. The number of aryl methyl sites for hydroxylation is 1. The maximum atomic E-state index is 12.0. The van der Waals surface area contributed by atoms with Gasteiger partial charge in [-0.25, -0.2) is 0 Å². The Balaban J connectivity index is 1.87. The SMILES string of the molecule is Cc1ccccc1C(=O)NCC1CCCCC1. The van der Waals surface area contributed by atoms with E-state index in [2.05, 4.69) is 5.32 Å². The lowest BCUT2D eigenvalue weighted by Gasteiger charge is -2.21. The summed E-state index contributed by atoms with van der Waals surface area (Å²) < 4.78 is 0. The van der Waals surface area contributed by atoms with E-state index >= 15 is 0 Å². The number of amides is 1. The zero-order valence-corrected chi connectivity index (χ0v) is 10.5. The summed E-state index contributed by atoms with van der Waals surface area (Å²) >= 11 is 0. The van der Waals surface area contributed by atoms with Crippen LogP contribution in [0.3, 0.4) is 0 Å². The van der Waals surface area contributed by atoms with E-state index in [1.54, 1.807) is 0 Å². The van der Waals surface area contributed by atoms with E-state index in [1.165, 1.54) is 32.1 Å². The predicted octanol–water partition coefficient (Wildman–Crippen LogP) is 3.31. The third-order valence-corrected chi connectivity index (χ3v) is 3.67. The van der Waals surface area contributed by atoms with E-state index in [1.807, 2.05) is 31.2 Å². The van der Waals surface area contributed by atoms with Crippen molar-refractivity contribution >= 4 is 5.91 Å². The molecule has 92 valence electrons. The van der Waals surface area contributed by atoms with Crippen LogP contribution in [0.5, 0.6) is 0 Å². The van der Waals surface area contributed by atoms with Gasteiger partial charge in [0, 0.05) is 12.1 Å². The van der Waals surface area contributed by atoms with Gasteiger partial charge >= 0.3 is 0 Å². The zero-order chi connectivity index (χ0) is 12.1. The molecule has 1 aromatic carbocycles. The van der Waals surface area contributed by atoms with Crippen molar-refractivity contribution in [3.05, 3.63) is 35.4 Å². The molecule has 2 rings (SSSR count). The molecule has 0 heterocycles. The summed E-state index contributed by atoms with van der Waals surface area (Å²) in [5.41, 5.74) is 1.86. The number of benzene rings is 1. The summed E-state index contributed by atoms with van der Waals surface area (Å²) in [6.45, 7) is 2.82. The van der Waals surface area contributed by atoms with Gasteiger partial charge in [-0.3, -0.25) is 4.79 Å². The molecule has 1 fully saturated rings. The second-order valence-electron chi connectivity index (χ2n) is 5.03. The lowest BCUT2D eigenvalue weighted by Crippen LogP contribution is -2.30. The van der Waals surface area contributed by atoms with Crippen molar-refractivity contribution in [2.75, 3.05) is 6.54 Å². The van der Waals surface area contributed by atoms with Crippen molar-refractivity contribution < 1.29 is 4.79 Å². The van der Waals surface area contributed by atoms with Crippen molar-refractivity contribution in [3.8, 4) is 0 Å². The maximum Gasteiger partial charge on any atom is 0.251 e. The summed E-state index contributed by atoms with van der Waals surface area (Å²) in [5, 5.41) is 3.07. The highest BCUT2D eigenvalue weighted by molar-refractivity contribution is 5.95. The van der Waals surface area contributed by atoms with Gasteiger partial charge in [-0.15, -0.1) is 0 Å². The number of carbonyl (C=O) groups is 1. The molecule has 0 bridgehead atoms. The highest BCUT2D eigenvalue weighted by Crippen LogP contribution is 2.22. The van der Waals surface area contributed by atoms with Gasteiger partial charge in [0.1, 0.15) is 0 Å². The van der Waals surface area contributed by atoms with Gasteiger partial charge in [-0.05, 0) is 37.3 Å². The Labute approximate surface area is 103 Å². The summed E-state index contributed by atoms with van der Waals surface area (Å²) in [6.07, 6.45) is 6.56. The summed E-state index contributed by atoms with van der Waals surface area (Å²) in [4.78, 5) is 12.0. The number of hydrogen-bond donors (Lipinski definition) is 1. The van der Waals surface area contributed by atoms with Crippen molar-refractivity contribution in [2.24, 2.45) is 5.92 Å². The molecule has 17 heavy (non-hydrogen) atoms. The van der Waals surface area contributed by atoms with Crippen LogP contribution in [-0.2, 0) is 0 Å². The zero-order valence-electron chi connectivity index (χ0n) is 10.5. The van der Waals surface area contributed by atoms with Gasteiger partial charge in [0.25, 0.3) is 5.91 Å². The van der Waals surface area contributed by atoms with Crippen LogP contribution < -0.4 is 5.32 Å². The lowest BCUT2D eigenvalue weighted by atomic mass is 9.89. The molecule has 0 unspecified atom stereocenters. The number of nitrogens with one attached hydrogen (secondary N) is 1. The molecular weight excluding hydrogens is 210 g/mol.